The predicted molar refractivity (Wildman–Crippen MR) is 111 cm³/mol. The first-order chi connectivity index (χ1) is 12.6. The molecule has 2 aromatic rings. The maximum absolute atomic E-state index is 12.3. The molecule has 1 aliphatic rings. The number of urea groups is 1. The van der Waals surface area contributed by atoms with Crippen LogP contribution in [0.2, 0.25) is 0 Å². The molecule has 7 heteroatoms. The number of hydrogen-bond donors (Lipinski definition) is 2. The van der Waals surface area contributed by atoms with E-state index >= 15 is 0 Å². The molecule has 2 aromatic carbocycles. The van der Waals surface area contributed by atoms with Crippen molar-refractivity contribution in [3.8, 4) is 0 Å². The van der Waals surface area contributed by atoms with E-state index in [0.29, 0.717) is 13.1 Å². The summed E-state index contributed by atoms with van der Waals surface area (Å²) < 4.78 is 0.948. The summed E-state index contributed by atoms with van der Waals surface area (Å²) in [6.45, 7) is 2.91. The van der Waals surface area contributed by atoms with E-state index in [4.69, 9.17) is 0 Å². The van der Waals surface area contributed by atoms with E-state index in [9.17, 15) is 9.59 Å². The number of benzene rings is 2. The van der Waals surface area contributed by atoms with Crippen LogP contribution in [0.5, 0.6) is 0 Å². The third-order valence-electron chi connectivity index (χ3n) is 4.28. The number of nitrogens with one attached hydrogen (secondary N) is 2. The summed E-state index contributed by atoms with van der Waals surface area (Å²) in [6, 6.07) is 17.3. The van der Waals surface area contributed by atoms with Gasteiger partial charge in [-0.05, 0) is 46.9 Å². The standard InChI is InChI=1S/C19H21IN4O2/c20-16-8-4-5-9-17(16)22-19(26)21-14-18(25)24-12-10-23(11-13-24)15-6-2-1-3-7-15/h1-9H,10-14H2,(H2,21,22,26). The fraction of sp³-hybridized carbons (Fsp3) is 0.263. The maximum atomic E-state index is 12.3. The van der Waals surface area contributed by atoms with Gasteiger partial charge in [-0.15, -0.1) is 0 Å². The molecular formula is C19H21IN4O2. The van der Waals surface area contributed by atoms with Gasteiger partial charge in [0.1, 0.15) is 0 Å². The Balaban J connectivity index is 1.43. The molecule has 0 saturated carbocycles. The van der Waals surface area contributed by atoms with Crippen molar-refractivity contribution in [3.05, 3.63) is 58.2 Å². The number of carbonyl (C=O) groups excluding carboxylic acids is 2. The number of halogens is 1. The second kappa shape index (κ2) is 8.88. The van der Waals surface area contributed by atoms with E-state index in [1.165, 1.54) is 5.69 Å². The minimum atomic E-state index is -0.370. The molecule has 0 unspecified atom stereocenters. The molecule has 6 nitrogen and oxygen atoms in total. The summed E-state index contributed by atoms with van der Waals surface area (Å²) in [5.41, 5.74) is 1.91. The lowest BCUT2D eigenvalue weighted by atomic mass is 10.2. The van der Waals surface area contributed by atoms with Gasteiger partial charge in [0, 0.05) is 35.4 Å². The van der Waals surface area contributed by atoms with Crippen molar-refractivity contribution in [2.75, 3.05) is 42.9 Å². The average Bonchev–Trinajstić information content (AvgIpc) is 2.69. The van der Waals surface area contributed by atoms with Crippen molar-refractivity contribution in [1.29, 1.82) is 0 Å². The third kappa shape index (κ3) is 4.87. The Bertz CT molecular complexity index is 761. The smallest absolute Gasteiger partial charge is 0.319 e. The number of nitrogens with zero attached hydrogens (tertiary/aromatic N) is 2. The first kappa shape index (κ1) is 18.5. The van der Waals surface area contributed by atoms with E-state index in [0.717, 1.165) is 22.3 Å². The van der Waals surface area contributed by atoms with Crippen molar-refractivity contribution in [1.82, 2.24) is 10.2 Å². The minimum Gasteiger partial charge on any atom is -0.368 e. The molecule has 2 N–H and O–H groups in total. The molecule has 0 radical (unpaired) electrons. The Labute approximate surface area is 166 Å². The number of carbonyl (C=O) groups is 2. The number of anilines is 2. The van der Waals surface area contributed by atoms with E-state index in [1.54, 1.807) is 4.90 Å². The Morgan fingerprint density at radius 1 is 0.923 bits per heavy atom. The summed E-state index contributed by atoms with van der Waals surface area (Å²) in [7, 11) is 0. The van der Waals surface area contributed by atoms with Gasteiger partial charge in [0.25, 0.3) is 0 Å². The van der Waals surface area contributed by atoms with Crippen molar-refractivity contribution in [2.24, 2.45) is 0 Å². The molecule has 0 aromatic heterocycles. The zero-order valence-corrected chi connectivity index (χ0v) is 16.5. The lowest BCUT2D eigenvalue weighted by Crippen LogP contribution is -2.51. The Hall–Kier alpha value is -2.29. The van der Waals surface area contributed by atoms with Crippen LogP contribution in [0.15, 0.2) is 54.6 Å². The summed E-state index contributed by atoms with van der Waals surface area (Å²) in [5, 5.41) is 5.40. The molecular weight excluding hydrogens is 443 g/mol. The van der Waals surface area contributed by atoms with Crippen LogP contribution in [-0.4, -0.2) is 49.6 Å². The zero-order valence-electron chi connectivity index (χ0n) is 14.3. The van der Waals surface area contributed by atoms with Crippen molar-refractivity contribution in [2.45, 2.75) is 0 Å². The van der Waals surface area contributed by atoms with Gasteiger partial charge in [-0.3, -0.25) is 4.79 Å². The predicted octanol–water partition coefficient (Wildman–Crippen LogP) is 2.76. The largest absolute Gasteiger partial charge is 0.368 e. The van der Waals surface area contributed by atoms with Gasteiger partial charge in [-0.1, -0.05) is 30.3 Å². The summed E-state index contributed by atoms with van der Waals surface area (Å²) >= 11 is 2.16. The highest BCUT2D eigenvalue weighted by Gasteiger charge is 2.21. The van der Waals surface area contributed by atoms with Crippen LogP contribution in [0.25, 0.3) is 0 Å². The molecule has 1 saturated heterocycles. The van der Waals surface area contributed by atoms with Gasteiger partial charge in [-0.25, -0.2) is 4.79 Å². The lowest BCUT2D eigenvalue weighted by Gasteiger charge is -2.36. The van der Waals surface area contributed by atoms with Gasteiger partial charge in [0.15, 0.2) is 0 Å². The molecule has 1 heterocycles. The first-order valence-corrected chi connectivity index (χ1v) is 9.58. The topological polar surface area (TPSA) is 64.7 Å². The summed E-state index contributed by atoms with van der Waals surface area (Å²) in [5.74, 6) is -0.0596. The van der Waals surface area contributed by atoms with Crippen molar-refractivity contribution < 1.29 is 9.59 Å². The number of amides is 3. The molecule has 3 rings (SSSR count). The second-order valence-corrected chi connectivity index (χ2v) is 7.15. The van der Waals surface area contributed by atoms with Crippen LogP contribution < -0.4 is 15.5 Å². The highest BCUT2D eigenvalue weighted by atomic mass is 127. The fourth-order valence-electron chi connectivity index (χ4n) is 2.85. The molecule has 1 fully saturated rings. The van der Waals surface area contributed by atoms with E-state index in [2.05, 4.69) is 50.3 Å². The molecule has 0 spiro atoms. The normalized spacial score (nSPS) is 14.0. The van der Waals surface area contributed by atoms with Crippen LogP contribution in [0.1, 0.15) is 0 Å². The molecule has 0 atom stereocenters. The van der Waals surface area contributed by atoms with Crippen LogP contribution in [0.3, 0.4) is 0 Å². The van der Waals surface area contributed by atoms with Gasteiger partial charge < -0.3 is 20.4 Å². The minimum absolute atomic E-state index is 0.000578. The Morgan fingerprint density at radius 3 is 2.27 bits per heavy atom. The molecule has 26 heavy (non-hydrogen) atoms. The molecule has 136 valence electrons. The Morgan fingerprint density at radius 2 is 1.58 bits per heavy atom. The third-order valence-corrected chi connectivity index (χ3v) is 5.22. The summed E-state index contributed by atoms with van der Waals surface area (Å²) in [6.07, 6.45) is 0. The summed E-state index contributed by atoms with van der Waals surface area (Å²) in [4.78, 5) is 28.4. The number of rotatable bonds is 4. The quantitative estimate of drug-likeness (QED) is 0.685. The van der Waals surface area contributed by atoms with Gasteiger partial charge in [-0.2, -0.15) is 0 Å². The molecule has 0 aliphatic carbocycles. The van der Waals surface area contributed by atoms with E-state index in [-0.39, 0.29) is 18.5 Å². The highest BCUT2D eigenvalue weighted by Crippen LogP contribution is 2.17. The van der Waals surface area contributed by atoms with E-state index < -0.39 is 0 Å². The first-order valence-electron chi connectivity index (χ1n) is 8.50. The number of hydrogen-bond acceptors (Lipinski definition) is 3. The SMILES string of the molecule is O=C(NCC(=O)N1CCN(c2ccccc2)CC1)Nc1ccccc1I. The van der Waals surface area contributed by atoms with Gasteiger partial charge >= 0.3 is 6.03 Å². The second-order valence-electron chi connectivity index (χ2n) is 5.99. The average molecular weight is 464 g/mol. The van der Waals surface area contributed by atoms with Crippen LogP contribution in [0.4, 0.5) is 16.2 Å². The van der Waals surface area contributed by atoms with Crippen molar-refractivity contribution in [3.63, 3.8) is 0 Å². The van der Waals surface area contributed by atoms with Gasteiger partial charge in [0.2, 0.25) is 5.91 Å². The van der Waals surface area contributed by atoms with Crippen LogP contribution in [0, 0.1) is 3.57 Å². The lowest BCUT2D eigenvalue weighted by molar-refractivity contribution is -0.130. The zero-order chi connectivity index (χ0) is 18.4. The molecule has 0 bridgehead atoms. The number of piperazine rings is 1. The van der Waals surface area contributed by atoms with Crippen LogP contribution in [-0.2, 0) is 4.79 Å². The van der Waals surface area contributed by atoms with Crippen LogP contribution >= 0.6 is 22.6 Å². The molecule has 3 amide bonds. The van der Waals surface area contributed by atoms with Crippen molar-refractivity contribution >= 4 is 45.9 Å². The van der Waals surface area contributed by atoms with E-state index in [1.807, 2.05) is 42.5 Å². The maximum Gasteiger partial charge on any atom is 0.319 e. The van der Waals surface area contributed by atoms with Gasteiger partial charge in [0.05, 0.1) is 12.2 Å². The molecule has 1 aliphatic heterocycles. The monoisotopic (exact) mass is 464 g/mol. The fourth-order valence-corrected chi connectivity index (χ4v) is 3.37. The highest BCUT2D eigenvalue weighted by molar-refractivity contribution is 14.1. The Kier molecular flexibility index (Phi) is 6.32. The number of para-hydroxylation sites is 2.